The molecular formula is C18H16ClN3O2. The molecule has 6 heteroatoms. The molecule has 0 radical (unpaired) electrons. The van der Waals surface area contributed by atoms with Crippen molar-refractivity contribution in [3.63, 3.8) is 0 Å². The Hall–Kier alpha value is -2.84. The van der Waals surface area contributed by atoms with Crippen LogP contribution >= 0.6 is 11.6 Å². The van der Waals surface area contributed by atoms with Gasteiger partial charge in [0.25, 0.3) is 0 Å². The molecule has 2 rings (SSSR count). The lowest BCUT2D eigenvalue weighted by molar-refractivity contribution is -0.136. The van der Waals surface area contributed by atoms with Gasteiger partial charge in [0.15, 0.2) is 0 Å². The van der Waals surface area contributed by atoms with E-state index in [0.717, 1.165) is 5.56 Å². The zero-order valence-corrected chi connectivity index (χ0v) is 13.8. The van der Waals surface area contributed by atoms with Gasteiger partial charge in [0.05, 0.1) is 11.3 Å². The summed E-state index contributed by atoms with van der Waals surface area (Å²) in [5.41, 5.74) is 1.51. The zero-order chi connectivity index (χ0) is 17.5. The number of benzene rings is 2. The average Bonchev–Trinajstić information content (AvgIpc) is 2.55. The third kappa shape index (κ3) is 4.83. The molecule has 2 N–H and O–H groups in total. The summed E-state index contributed by atoms with van der Waals surface area (Å²) in [6.45, 7) is 1.82. The zero-order valence-electron chi connectivity index (χ0n) is 13.0. The van der Waals surface area contributed by atoms with Gasteiger partial charge in [0.1, 0.15) is 6.07 Å². The molecular weight excluding hydrogens is 326 g/mol. The van der Waals surface area contributed by atoms with Crippen LogP contribution in [0.1, 0.15) is 18.1 Å². The van der Waals surface area contributed by atoms with E-state index in [-0.39, 0.29) is 17.3 Å². The van der Waals surface area contributed by atoms with Crippen LogP contribution in [0.3, 0.4) is 0 Å². The van der Waals surface area contributed by atoms with E-state index >= 15 is 0 Å². The summed E-state index contributed by atoms with van der Waals surface area (Å²) >= 11 is 5.85. The number of carbonyl (C=O) groups is 2. The van der Waals surface area contributed by atoms with Crippen LogP contribution in [0.25, 0.3) is 0 Å². The van der Waals surface area contributed by atoms with E-state index in [2.05, 4.69) is 10.6 Å². The molecule has 0 spiro atoms. The quantitative estimate of drug-likeness (QED) is 0.839. The second-order valence-electron chi connectivity index (χ2n) is 5.32. The van der Waals surface area contributed by atoms with Crippen LogP contribution in [0, 0.1) is 11.3 Å². The van der Waals surface area contributed by atoms with Crippen LogP contribution in [0.4, 0.5) is 5.69 Å². The van der Waals surface area contributed by atoms with E-state index in [1.54, 1.807) is 0 Å². The van der Waals surface area contributed by atoms with Crippen molar-refractivity contribution in [2.75, 3.05) is 5.32 Å². The van der Waals surface area contributed by atoms with Crippen LogP contribution in [0.2, 0.25) is 5.02 Å². The van der Waals surface area contributed by atoms with Crippen LogP contribution in [0.15, 0.2) is 48.5 Å². The fourth-order valence-electron chi connectivity index (χ4n) is 2.20. The lowest BCUT2D eigenvalue weighted by Gasteiger charge is -2.14. The van der Waals surface area contributed by atoms with Gasteiger partial charge in [-0.15, -0.1) is 0 Å². The lowest BCUT2D eigenvalue weighted by atomic mass is 10.1. The Bertz CT molecular complexity index is 785. The van der Waals surface area contributed by atoms with Gasteiger partial charge in [-0.2, -0.15) is 5.26 Å². The van der Waals surface area contributed by atoms with Crippen molar-refractivity contribution < 1.29 is 9.59 Å². The Morgan fingerprint density at radius 2 is 1.88 bits per heavy atom. The maximum atomic E-state index is 12.0. The topological polar surface area (TPSA) is 82.0 Å². The van der Waals surface area contributed by atoms with Crippen molar-refractivity contribution in [3.8, 4) is 6.07 Å². The first-order chi connectivity index (χ1) is 11.5. The van der Waals surface area contributed by atoms with E-state index < -0.39 is 11.8 Å². The van der Waals surface area contributed by atoms with Crippen molar-refractivity contribution in [2.45, 2.75) is 19.4 Å². The van der Waals surface area contributed by atoms with Gasteiger partial charge in [-0.05, 0) is 37.1 Å². The summed E-state index contributed by atoms with van der Waals surface area (Å²) < 4.78 is 0. The lowest BCUT2D eigenvalue weighted by Crippen LogP contribution is -2.41. The maximum absolute atomic E-state index is 12.0. The highest BCUT2D eigenvalue weighted by molar-refractivity contribution is 6.40. The van der Waals surface area contributed by atoms with Crippen molar-refractivity contribution in [3.05, 3.63) is 64.7 Å². The molecule has 2 amide bonds. The van der Waals surface area contributed by atoms with Crippen LogP contribution in [-0.4, -0.2) is 17.9 Å². The summed E-state index contributed by atoms with van der Waals surface area (Å²) in [5.74, 6) is -1.60. The van der Waals surface area contributed by atoms with Gasteiger partial charge < -0.3 is 10.6 Å². The largest absolute Gasteiger partial charge is 0.345 e. The Labute approximate surface area is 145 Å². The maximum Gasteiger partial charge on any atom is 0.313 e. The SMILES string of the molecule is CC(Cc1ccccc1)NC(=O)C(=O)Nc1cc(Cl)ccc1C#N. The van der Waals surface area contributed by atoms with Crippen molar-refractivity contribution in [1.29, 1.82) is 5.26 Å². The Balaban J connectivity index is 1.96. The summed E-state index contributed by atoms with van der Waals surface area (Å²) in [4.78, 5) is 24.0. The van der Waals surface area contributed by atoms with E-state index in [4.69, 9.17) is 16.9 Å². The molecule has 0 bridgehead atoms. The first-order valence-corrected chi connectivity index (χ1v) is 7.73. The Morgan fingerprint density at radius 1 is 1.17 bits per heavy atom. The number of nitrogens with one attached hydrogen (secondary N) is 2. The molecule has 2 aromatic carbocycles. The highest BCUT2D eigenvalue weighted by Gasteiger charge is 2.18. The molecule has 0 aliphatic rings. The molecule has 5 nitrogen and oxygen atoms in total. The highest BCUT2D eigenvalue weighted by atomic mass is 35.5. The molecule has 0 fully saturated rings. The van der Waals surface area contributed by atoms with Crippen LogP contribution in [0.5, 0.6) is 0 Å². The third-order valence-electron chi connectivity index (χ3n) is 3.32. The molecule has 0 aliphatic carbocycles. The molecule has 0 heterocycles. The molecule has 0 saturated heterocycles. The van der Waals surface area contributed by atoms with Gasteiger partial charge >= 0.3 is 11.8 Å². The molecule has 0 aromatic heterocycles. The average molecular weight is 342 g/mol. The minimum Gasteiger partial charge on any atom is -0.345 e. The van der Waals surface area contributed by atoms with Crippen molar-refractivity contribution >= 4 is 29.1 Å². The fourth-order valence-corrected chi connectivity index (χ4v) is 2.38. The van der Waals surface area contributed by atoms with Gasteiger partial charge in [-0.3, -0.25) is 9.59 Å². The second-order valence-corrected chi connectivity index (χ2v) is 5.76. The first kappa shape index (κ1) is 17.5. The predicted octanol–water partition coefficient (Wildman–Crippen LogP) is 2.90. The Kier molecular flexibility index (Phi) is 5.94. The number of carbonyl (C=O) groups excluding carboxylic acids is 2. The van der Waals surface area contributed by atoms with Gasteiger partial charge in [-0.1, -0.05) is 41.9 Å². The summed E-state index contributed by atoms with van der Waals surface area (Å²) in [6, 6.07) is 15.8. The smallest absolute Gasteiger partial charge is 0.313 e. The minimum atomic E-state index is -0.839. The molecule has 122 valence electrons. The van der Waals surface area contributed by atoms with E-state index in [0.29, 0.717) is 11.4 Å². The fraction of sp³-hybridized carbons (Fsp3) is 0.167. The normalized spacial score (nSPS) is 11.2. The summed E-state index contributed by atoms with van der Waals surface area (Å²) in [6.07, 6.45) is 0.612. The van der Waals surface area contributed by atoms with Crippen LogP contribution in [-0.2, 0) is 16.0 Å². The third-order valence-corrected chi connectivity index (χ3v) is 3.55. The highest BCUT2D eigenvalue weighted by Crippen LogP contribution is 2.20. The number of hydrogen-bond donors (Lipinski definition) is 2. The molecule has 2 aromatic rings. The summed E-state index contributed by atoms with van der Waals surface area (Å²) in [7, 11) is 0. The number of hydrogen-bond acceptors (Lipinski definition) is 3. The van der Waals surface area contributed by atoms with Gasteiger partial charge in [-0.25, -0.2) is 0 Å². The number of amides is 2. The predicted molar refractivity (Wildman–Crippen MR) is 92.5 cm³/mol. The van der Waals surface area contributed by atoms with Gasteiger partial charge in [0, 0.05) is 11.1 Å². The molecule has 1 atom stereocenters. The Morgan fingerprint density at radius 3 is 2.54 bits per heavy atom. The number of halogens is 1. The molecule has 0 aliphatic heterocycles. The minimum absolute atomic E-state index is 0.208. The number of rotatable bonds is 4. The summed E-state index contributed by atoms with van der Waals surface area (Å²) in [5, 5.41) is 14.4. The molecule has 24 heavy (non-hydrogen) atoms. The number of nitriles is 1. The molecule has 1 unspecified atom stereocenters. The van der Waals surface area contributed by atoms with E-state index in [1.165, 1.54) is 18.2 Å². The van der Waals surface area contributed by atoms with Crippen LogP contribution < -0.4 is 10.6 Å². The second kappa shape index (κ2) is 8.14. The van der Waals surface area contributed by atoms with E-state index in [9.17, 15) is 9.59 Å². The van der Waals surface area contributed by atoms with Crippen molar-refractivity contribution in [1.82, 2.24) is 5.32 Å². The first-order valence-electron chi connectivity index (χ1n) is 7.35. The standard InChI is InChI=1S/C18H16ClN3O2/c1-12(9-13-5-3-2-4-6-13)21-17(23)18(24)22-16-10-15(19)8-7-14(16)11-20/h2-8,10,12H,9H2,1H3,(H,21,23)(H,22,24). The van der Waals surface area contributed by atoms with Crippen molar-refractivity contribution in [2.24, 2.45) is 0 Å². The molecule has 0 saturated carbocycles. The number of anilines is 1. The van der Waals surface area contributed by atoms with E-state index in [1.807, 2.05) is 43.3 Å². The monoisotopic (exact) mass is 341 g/mol. The number of nitrogens with zero attached hydrogens (tertiary/aromatic N) is 1. The van der Waals surface area contributed by atoms with Gasteiger partial charge in [0.2, 0.25) is 0 Å².